The first-order valence-electron chi connectivity index (χ1n) is 10.1. The number of esters is 1. The van der Waals surface area contributed by atoms with Crippen molar-refractivity contribution in [2.24, 2.45) is 5.92 Å². The smallest absolute Gasteiger partial charge is 0.338 e. The summed E-state index contributed by atoms with van der Waals surface area (Å²) in [5, 5.41) is 9.63. The second kappa shape index (κ2) is 10.9. The third-order valence-corrected chi connectivity index (χ3v) is 10.2. The van der Waals surface area contributed by atoms with Crippen LogP contribution < -0.4 is 0 Å². The van der Waals surface area contributed by atoms with Crippen molar-refractivity contribution in [2.75, 3.05) is 13.7 Å². The fourth-order valence-electron chi connectivity index (χ4n) is 2.82. The maximum Gasteiger partial charge on any atom is 0.338 e. The molecule has 1 aromatic rings. The Morgan fingerprint density at radius 3 is 2.43 bits per heavy atom. The fourth-order valence-corrected chi connectivity index (χ4v) is 4.28. The van der Waals surface area contributed by atoms with Gasteiger partial charge in [-0.25, -0.2) is 4.79 Å². The van der Waals surface area contributed by atoms with Gasteiger partial charge in [0.05, 0.1) is 18.8 Å². The molecule has 1 rings (SSSR count). The summed E-state index contributed by atoms with van der Waals surface area (Å²) in [6, 6.07) is 7.53. The quantitative estimate of drug-likeness (QED) is 0.322. The summed E-state index contributed by atoms with van der Waals surface area (Å²) in [6.07, 6.45) is 6.52. The summed E-state index contributed by atoms with van der Waals surface area (Å²) >= 11 is 0. The van der Waals surface area contributed by atoms with Crippen LogP contribution in [0.4, 0.5) is 0 Å². The molecule has 0 radical (unpaired) electrons. The molecular formula is C23H38O4Si. The Bertz CT molecular complexity index is 646. The minimum atomic E-state index is -1.88. The van der Waals surface area contributed by atoms with E-state index in [2.05, 4.69) is 52.9 Å². The first-order valence-corrected chi connectivity index (χ1v) is 13.0. The zero-order valence-corrected chi connectivity index (χ0v) is 19.6. The van der Waals surface area contributed by atoms with Crippen molar-refractivity contribution >= 4 is 14.3 Å². The number of methoxy groups -OCH3 is 1. The van der Waals surface area contributed by atoms with E-state index < -0.39 is 8.32 Å². The molecule has 0 aliphatic rings. The molecule has 0 heterocycles. The number of aliphatic hydroxyl groups is 1. The molecule has 4 nitrogen and oxygen atoms in total. The van der Waals surface area contributed by atoms with Crippen molar-refractivity contribution in [3.8, 4) is 0 Å². The van der Waals surface area contributed by atoms with Gasteiger partial charge in [-0.1, -0.05) is 58.0 Å². The molecule has 0 spiro atoms. The molecule has 2 atom stereocenters. The van der Waals surface area contributed by atoms with Gasteiger partial charge in [-0.05, 0) is 54.9 Å². The van der Waals surface area contributed by atoms with Crippen LogP contribution in [0.25, 0.3) is 0 Å². The summed E-state index contributed by atoms with van der Waals surface area (Å²) in [5.74, 6) is 0.0107. The van der Waals surface area contributed by atoms with Crippen LogP contribution in [-0.4, -0.2) is 39.2 Å². The van der Waals surface area contributed by atoms with Crippen molar-refractivity contribution in [1.29, 1.82) is 0 Å². The number of aliphatic hydroxyl groups excluding tert-OH is 1. The zero-order chi connectivity index (χ0) is 21.4. The van der Waals surface area contributed by atoms with Gasteiger partial charge in [0.25, 0.3) is 0 Å². The number of ether oxygens (including phenoxy) is 1. The average Bonchev–Trinajstić information content (AvgIpc) is 2.63. The highest BCUT2D eigenvalue weighted by Gasteiger charge is 2.39. The third-order valence-electron chi connectivity index (χ3n) is 5.74. The van der Waals surface area contributed by atoms with E-state index in [1.165, 1.54) is 7.11 Å². The molecule has 0 aliphatic heterocycles. The molecule has 0 bridgehead atoms. The van der Waals surface area contributed by atoms with Gasteiger partial charge in [0.1, 0.15) is 0 Å². The molecule has 0 aromatic heterocycles. The lowest BCUT2D eigenvalue weighted by atomic mass is 9.97. The monoisotopic (exact) mass is 406 g/mol. The molecule has 28 heavy (non-hydrogen) atoms. The van der Waals surface area contributed by atoms with Gasteiger partial charge in [0, 0.05) is 6.61 Å². The van der Waals surface area contributed by atoms with Crippen LogP contribution in [0.3, 0.4) is 0 Å². The largest absolute Gasteiger partial charge is 0.465 e. The van der Waals surface area contributed by atoms with Gasteiger partial charge in [-0.3, -0.25) is 0 Å². The number of hydrogen-bond donors (Lipinski definition) is 1. The Morgan fingerprint density at radius 1 is 1.21 bits per heavy atom. The van der Waals surface area contributed by atoms with Crippen LogP contribution in [0.15, 0.2) is 36.4 Å². The van der Waals surface area contributed by atoms with Crippen molar-refractivity contribution in [2.45, 2.75) is 71.2 Å². The predicted molar refractivity (Wildman–Crippen MR) is 118 cm³/mol. The van der Waals surface area contributed by atoms with E-state index in [1.54, 1.807) is 6.07 Å². The lowest BCUT2D eigenvalue weighted by molar-refractivity contribution is 0.0599. The molecule has 0 aliphatic carbocycles. The van der Waals surface area contributed by atoms with Crippen molar-refractivity contribution in [1.82, 2.24) is 0 Å². The number of carbonyl (C=O) groups is 1. The summed E-state index contributed by atoms with van der Waals surface area (Å²) in [4.78, 5) is 11.9. The van der Waals surface area contributed by atoms with Crippen LogP contribution in [0.1, 0.15) is 56.5 Å². The molecular weight excluding hydrogens is 368 g/mol. The highest BCUT2D eigenvalue weighted by Crippen LogP contribution is 2.38. The molecule has 0 saturated heterocycles. The Morgan fingerprint density at radius 2 is 1.86 bits per heavy atom. The molecule has 0 fully saturated rings. The molecule has 1 N–H and O–H groups in total. The number of allylic oxidation sites excluding steroid dienone is 2. The van der Waals surface area contributed by atoms with Gasteiger partial charge in [-0.2, -0.15) is 0 Å². The number of rotatable bonds is 10. The summed E-state index contributed by atoms with van der Waals surface area (Å²) < 4.78 is 11.4. The fraction of sp³-hybridized carbons (Fsp3) is 0.609. The molecule has 0 amide bonds. The van der Waals surface area contributed by atoms with Gasteiger partial charge in [-0.15, -0.1) is 0 Å². The summed E-state index contributed by atoms with van der Waals surface area (Å²) in [7, 11) is -0.476. The average molecular weight is 407 g/mol. The number of carbonyl (C=O) groups excluding carboxylic acids is 1. The van der Waals surface area contributed by atoms with E-state index in [4.69, 9.17) is 9.16 Å². The van der Waals surface area contributed by atoms with Crippen LogP contribution in [-0.2, 0) is 15.6 Å². The van der Waals surface area contributed by atoms with Gasteiger partial charge < -0.3 is 14.3 Å². The number of benzene rings is 1. The van der Waals surface area contributed by atoms with E-state index >= 15 is 0 Å². The topological polar surface area (TPSA) is 55.8 Å². The second-order valence-electron chi connectivity index (χ2n) is 8.97. The normalized spacial score (nSPS) is 14.9. The molecule has 0 unspecified atom stereocenters. The lowest BCUT2D eigenvalue weighted by Gasteiger charge is -2.40. The molecule has 0 saturated carbocycles. The zero-order valence-electron chi connectivity index (χ0n) is 18.6. The Hall–Kier alpha value is -1.43. The van der Waals surface area contributed by atoms with Crippen molar-refractivity contribution in [3.05, 3.63) is 47.5 Å². The Kier molecular flexibility index (Phi) is 9.61. The SMILES string of the molecule is COC(=O)c1ccccc1C/C=C/C[C@@H](C)[C@H](CCO)O[Si](C)(C)C(C)(C)C. The molecule has 5 heteroatoms. The van der Waals surface area contributed by atoms with Crippen LogP contribution >= 0.6 is 0 Å². The minimum absolute atomic E-state index is 0.0536. The number of hydrogen-bond acceptors (Lipinski definition) is 4. The van der Waals surface area contributed by atoms with Gasteiger partial charge in [0.2, 0.25) is 0 Å². The van der Waals surface area contributed by atoms with Crippen molar-refractivity contribution < 1.29 is 19.1 Å². The van der Waals surface area contributed by atoms with E-state index in [0.29, 0.717) is 24.3 Å². The van der Waals surface area contributed by atoms with Crippen molar-refractivity contribution in [3.63, 3.8) is 0 Å². The Labute approximate surface area is 172 Å². The first kappa shape index (κ1) is 24.6. The van der Waals surface area contributed by atoms with Crippen LogP contribution in [0.2, 0.25) is 18.1 Å². The van der Waals surface area contributed by atoms with Gasteiger partial charge >= 0.3 is 5.97 Å². The van der Waals surface area contributed by atoms with Gasteiger partial charge in [0.15, 0.2) is 8.32 Å². The van der Waals surface area contributed by atoms with E-state index in [-0.39, 0.29) is 23.7 Å². The third kappa shape index (κ3) is 7.19. The van der Waals surface area contributed by atoms with E-state index in [9.17, 15) is 9.90 Å². The van der Waals surface area contributed by atoms with E-state index in [0.717, 1.165) is 12.0 Å². The predicted octanol–water partition coefficient (Wildman–Crippen LogP) is 5.37. The van der Waals surface area contributed by atoms with E-state index in [1.807, 2.05) is 18.2 Å². The highest BCUT2D eigenvalue weighted by atomic mass is 28.4. The van der Waals surface area contributed by atoms with Crippen LogP contribution in [0, 0.1) is 5.92 Å². The first-order chi connectivity index (χ1) is 13.0. The lowest BCUT2D eigenvalue weighted by Crippen LogP contribution is -2.45. The molecule has 1 aromatic carbocycles. The second-order valence-corrected chi connectivity index (χ2v) is 13.7. The summed E-state index contributed by atoms with van der Waals surface area (Å²) in [5.41, 5.74) is 1.57. The minimum Gasteiger partial charge on any atom is -0.465 e. The maximum atomic E-state index is 11.9. The maximum absolute atomic E-state index is 11.9. The summed E-state index contributed by atoms with van der Waals surface area (Å²) in [6.45, 7) is 13.5. The molecule has 158 valence electrons. The standard InChI is InChI=1S/C23H38O4Si/c1-18(21(16-17-24)27-28(6,7)23(2,3)4)12-8-9-13-19-14-10-11-15-20(19)22(25)26-5/h8-11,14-15,18,21,24H,12-13,16-17H2,1-7H3/b9-8+/t18-,21+/m1/s1. The van der Waals surface area contributed by atoms with Crippen LogP contribution in [0.5, 0.6) is 0 Å². The Balaban J connectivity index is 2.73. The highest BCUT2D eigenvalue weighted by molar-refractivity contribution is 6.74.